The highest BCUT2D eigenvalue weighted by atomic mass is 32.1. The lowest BCUT2D eigenvalue weighted by atomic mass is 10.0. The van der Waals surface area contributed by atoms with Gasteiger partial charge in [-0.3, -0.25) is 0 Å². The summed E-state index contributed by atoms with van der Waals surface area (Å²) in [5, 5.41) is 2.19. The van der Waals surface area contributed by atoms with Gasteiger partial charge in [-0.25, -0.2) is 0 Å². The van der Waals surface area contributed by atoms with Gasteiger partial charge in [-0.05, 0) is 42.5 Å². The summed E-state index contributed by atoms with van der Waals surface area (Å²) >= 11 is 1.86. The predicted molar refractivity (Wildman–Crippen MR) is 84.7 cm³/mol. The lowest BCUT2D eigenvalue weighted by Crippen LogP contribution is -2.31. The number of methoxy groups -OCH3 is 1. The zero-order chi connectivity index (χ0) is 14.1. The lowest BCUT2D eigenvalue weighted by molar-refractivity contribution is 0.407. The molecule has 0 spiro atoms. The van der Waals surface area contributed by atoms with E-state index in [-0.39, 0.29) is 6.04 Å². The average Bonchev–Trinajstić information content (AvgIpc) is 2.93. The Hall–Kier alpha value is -1.52. The van der Waals surface area contributed by atoms with Crippen molar-refractivity contribution < 1.29 is 4.74 Å². The van der Waals surface area contributed by atoms with E-state index in [1.807, 2.05) is 30.4 Å². The van der Waals surface area contributed by atoms with Crippen LogP contribution in [0.15, 0.2) is 29.6 Å². The van der Waals surface area contributed by atoms with Crippen LogP contribution in [0.4, 0.5) is 5.69 Å². The van der Waals surface area contributed by atoms with Crippen LogP contribution in [0.2, 0.25) is 0 Å². The maximum absolute atomic E-state index is 6.17. The number of ether oxygens (including phenoxy) is 1. The minimum absolute atomic E-state index is 0.0370. The summed E-state index contributed by atoms with van der Waals surface area (Å²) in [6.07, 6.45) is 1.11. The van der Waals surface area contributed by atoms with Crippen molar-refractivity contribution in [2.45, 2.75) is 25.9 Å². The van der Waals surface area contributed by atoms with Crippen LogP contribution in [0.3, 0.4) is 0 Å². The molecule has 1 atom stereocenters. The molecule has 2 aromatic rings. The highest BCUT2D eigenvalue weighted by molar-refractivity contribution is 7.10. The number of thiophene rings is 1. The van der Waals surface area contributed by atoms with Gasteiger partial charge in [0.05, 0.1) is 7.11 Å². The fraction of sp³-hybridized carbons (Fsp3) is 0.375. The molecule has 1 aromatic carbocycles. The van der Waals surface area contributed by atoms with E-state index in [0.717, 1.165) is 30.8 Å². The van der Waals surface area contributed by atoms with Gasteiger partial charge in [0, 0.05) is 35.3 Å². The third-order valence-electron chi connectivity index (χ3n) is 3.87. The molecular formula is C16H20N2OS. The zero-order valence-electron chi connectivity index (χ0n) is 11.9. The van der Waals surface area contributed by atoms with E-state index in [0.29, 0.717) is 0 Å². The summed E-state index contributed by atoms with van der Waals surface area (Å²) in [5.74, 6) is 0.883. The summed E-state index contributed by atoms with van der Waals surface area (Å²) in [5.41, 5.74) is 9.92. The Bertz CT molecular complexity index is 606. The Morgan fingerprint density at radius 2 is 2.20 bits per heavy atom. The standard InChI is InChI=1S/C16H20N2OS/c1-11(17)16-13(4-3-5-14(16)19-2)18-8-6-15-12(10-18)7-9-20-15/h3-5,7,9,11H,6,8,10,17H2,1-2H3/t11-/m1/s1. The molecule has 0 amide bonds. The first-order chi connectivity index (χ1) is 9.70. The minimum Gasteiger partial charge on any atom is -0.496 e. The predicted octanol–water partition coefficient (Wildman–Crippen LogP) is 3.34. The van der Waals surface area contributed by atoms with E-state index in [9.17, 15) is 0 Å². The Kier molecular flexibility index (Phi) is 3.68. The molecule has 4 heteroatoms. The largest absolute Gasteiger partial charge is 0.496 e. The first-order valence-corrected chi connectivity index (χ1v) is 7.81. The normalized spacial score (nSPS) is 15.8. The first kappa shape index (κ1) is 13.5. The van der Waals surface area contributed by atoms with Crippen molar-refractivity contribution in [3.8, 4) is 5.75 Å². The number of benzene rings is 1. The van der Waals surface area contributed by atoms with Crippen LogP contribution < -0.4 is 15.4 Å². The van der Waals surface area contributed by atoms with Crippen LogP contribution in [-0.4, -0.2) is 13.7 Å². The van der Waals surface area contributed by atoms with Crippen molar-refractivity contribution in [3.63, 3.8) is 0 Å². The Morgan fingerprint density at radius 1 is 1.35 bits per heavy atom. The number of rotatable bonds is 3. The molecule has 106 valence electrons. The molecule has 0 bridgehead atoms. The summed E-state index contributed by atoms with van der Waals surface area (Å²) in [6, 6.07) is 8.38. The summed E-state index contributed by atoms with van der Waals surface area (Å²) in [6.45, 7) is 4.02. The zero-order valence-corrected chi connectivity index (χ0v) is 12.7. The highest BCUT2D eigenvalue weighted by Crippen LogP contribution is 2.36. The molecule has 0 saturated heterocycles. The smallest absolute Gasteiger partial charge is 0.125 e. The fourth-order valence-electron chi connectivity index (χ4n) is 2.90. The van der Waals surface area contributed by atoms with Crippen LogP contribution in [0.1, 0.15) is 29.0 Å². The molecule has 1 aliphatic rings. The maximum Gasteiger partial charge on any atom is 0.125 e. The SMILES string of the molecule is COc1cccc(N2CCc3sccc3C2)c1[C@@H](C)N. The number of nitrogens with two attached hydrogens (primary N) is 1. The van der Waals surface area contributed by atoms with Crippen molar-refractivity contribution in [2.24, 2.45) is 5.73 Å². The molecule has 3 rings (SSSR count). The van der Waals surface area contributed by atoms with Gasteiger partial charge < -0.3 is 15.4 Å². The monoisotopic (exact) mass is 288 g/mol. The van der Waals surface area contributed by atoms with Gasteiger partial charge in [0.25, 0.3) is 0 Å². The molecule has 0 fully saturated rings. The van der Waals surface area contributed by atoms with Gasteiger partial charge in [0.2, 0.25) is 0 Å². The molecule has 1 aromatic heterocycles. The average molecular weight is 288 g/mol. The van der Waals surface area contributed by atoms with E-state index in [1.54, 1.807) is 7.11 Å². The van der Waals surface area contributed by atoms with Crippen LogP contribution in [0.25, 0.3) is 0 Å². The Labute approximate surface area is 124 Å². The van der Waals surface area contributed by atoms with E-state index in [2.05, 4.69) is 22.4 Å². The summed E-state index contributed by atoms with van der Waals surface area (Å²) in [4.78, 5) is 3.93. The van der Waals surface area contributed by atoms with Crippen LogP contribution >= 0.6 is 11.3 Å². The second kappa shape index (κ2) is 5.46. The first-order valence-electron chi connectivity index (χ1n) is 6.93. The van der Waals surface area contributed by atoms with Crippen molar-refractivity contribution in [1.82, 2.24) is 0 Å². The number of fused-ring (bicyclic) bond motifs is 1. The molecule has 2 N–H and O–H groups in total. The second-order valence-corrected chi connectivity index (χ2v) is 6.22. The minimum atomic E-state index is -0.0370. The van der Waals surface area contributed by atoms with E-state index in [4.69, 9.17) is 10.5 Å². The van der Waals surface area contributed by atoms with Gasteiger partial charge in [0.15, 0.2) is 0 Å². The Morgan fingerprint density at radius 3 is 2.95 bits per heavy atom. The maximum atomic E-state index is 6.17. The third-order valence-corrected chi connectivity index (χ3v) is 4.89. The molecule has 1 aliphatic heterocycles. The number of hydrogen-bond acceptors (Lipinski definition) is 4. The van der Waals surface area contributed by atoms with Crippen molar-refractivity contribution >= 4 is 17.0 Å². The van der Waals surface area contributed by atoms with Crippen LogP contribution in [0.5, 0.6) is 5.75 Å². The van der Waals surface area contributed by atoms with Crippen LogP contribution in [0, 0.1) is 0 Å². The van der Waals surface area contributed by atoms with Gasteiger partial charge in [0.1, 0.15) is 5.75 Å². The Balaban J connectivity index is 1.99. The van der Waals surface area contributed by atoms with E-state index < -0.39 is 0 Å². The van der Waals surface area contributed by atoms with Crippen molar-refractivity contribution in [1.29, 1.82) is 0 Å². The van der Waals surface area contributed by atoms with Gasteiger partial charge in [-0.1, -0.05) is 6.07 Å². The topological polar surface area (TPSA) is 38.5 Å². The molecule has 0 saturated carbocycles. The molecule has 20 heavy (non-hydrogen) atoms. The molecule has 3 nitrogen and oxygen atoms in total. The quantitative estimate of drug-likeness (QED) is 0.941. The fourth-order valence-corrected chi connectivity index (χ4v) is 3.79. The van der Waals surface area contributed by atoms with E-state index >= 15 is 0 Å². The van der Waals surface area contributed by atoms with Crippen molar-refractivity contribution in [3.05, 3.63) is 45.6 Å². The lowest BCUT2D eigenvalue weighted by Gasteiger charge is -2.32. The molecule has 0 unspecified atom stereocenters. The summed E-state index contributed by atoms with van der Waals surface area (Å²) < 4.78 is 5.49. The molecule has 0 radical (unpaired) electrons. The number of hydrogen-bond donors (Lipinski definition) is 1. The van der Waals surface area contributed by atoms with Gasteiger partial charge >= 0.3 is 0 Å². The summed E-state index contributed by atoms with van der Waals surface area (Å²) in [7, 11) is 1.71. The highest BCUT2D eigenvalue weighted by Gasteiger charge is 2.22. The van der Waals surface area contributed by atoms with Crippen LogP contribution in [-0.2, 0) is 13.0 Å². The second-order valence-electron chi connectivity index (χ2n) is 5.22. The number of nitrogens with zero attached hydrogens (tertiary/aromatic N) is 1. The van der Waals surface area contributed by atoms with E-state index in [1.165, 1.54) is 16.1 Å². The number of anilines is 1. The molecule has 2 heterocycles. The van der Waals surface area contributed by atoms with Crippen molar-refractivity contribution in [2.75, 3.05) is 18.6 Å². The van der Waals surface area contributed by atoms with Gasteiger partial charge in [-0.2, -0.15) is 0 Å². The van der Waals surface area contributed by atoms with Gasteiger partial charge in [-0.15, -0.1) is 11.3 Å². The molecular weight excluding hydrogens is 268 g/mol. The third kappa shape index (κ3) is 2.30. The molecule has 0 aliphatic carbocycles.